The van der Waals surface area contributed by atoms with Gasteiger partial charge in [-0.25, -0.2) is 0 Å². The number of hydrogen-bond donors (Lipinski definition) is 1. The predicted octanol–water partition coefficient (Wildman–Crippen LogP) is 2.06. The molecule has 1 nitrogen and oxygen atoms in total. The van der Waals surface area contributed by atoms with Gasteiger partial charge in [-0.1, -0.05) is 13.8 Å². The molecule has 2 heteroatoms. The fourth-order valence-electron chi connectivity index (χ4n) is 0.332. The Morgan fingerprint density at radius 1 is 1.50 bits per heavy atom. The molecule has 0 aromatic carbocycles. The van der Waals surface area contributed by atoms with Crippen LogP contribution in [0, 0.1) is 0 Å². The summed E-state index contributed by atoms with van der Waals surface area (Å²) in [6.07, 6.45) is 2.39. The summed E-state index contributed by atoms with van der Waals surface area (Å²) in [6, 6.07) is 0. The van der Waals surface area contributed by atoms with E-state index in [0.29, 0.717) is 0 Å². The van der Waals surface area contributed by atoms with Crippen molar-refractivity contribution in [1.29, 1.82) is 0 Å². The Kier molecular flexibility index (Phi) is 7.25. The van der Waals surface area contributed by atoms with Crippen molar-refractivity contribution in [1.82, 2.24) is 5.09 Å². The maximum atomic E-state index is 3.25. The minimum Gasteiger partial charge on any atom is -0.271 e. The molecule has 0 bridgehead atoms. The van der Waals surface area contributed by atoms with Gasteiger partial charge in [0.2, 0.25) is 0 Å². The minimum atomic E-state index is 1.14. The molecule has 0 rings (SSSR count). The monoisotopic (exact) mass is 131 g/mol. The van der Waals surface area contributed by atoms with Gasteiger partial charge in [-0.3, -0.25) is 5.09 Å². The van der Waals surface area contributed by atoms with Gasteiger partial charge in [0.05, 0.1) is 0 Å². The van der Waals surface area contributed by atoms with E-state index in [-0.39, 0.29) is 0 Å². The van der Waals surface area contributed by atoms with Gasteiger partial charge in [-0.05, 0) is 27.0 Å². The Balaban J connectivity index is 2.80. The molecule has 48 valence electrons. The molecule has 1 N–H and O–H groups in total. The van der Waals surface area contributed by atoms with Crippen LogP contribution in [0.4, 0.5) is 0 Å². The van der Waals surface area contributed by atoms with E-state index in [2.05, 4.69) is 24.7 Å². The zero-order valence-corrected chi connectivity index (χ0v) is 6.54. The molecule has 0 spiro atoms. The maximum absolute atomic E-state index is 3.25. The Morgan fingerprint density at radius 3 is 2.75 bits per heavy atom. The molecule has 0 saturated heterocycles. The van der Waals surface area contributed by atoms with Crippen LogP contribution < -0.4 is 5.09 Å². The summed E-state index contributed by atoms with van der Waals surface area (Å²) >= 11 is 0. The van der Waals surface area contributed by atoms with Crippen LogP contribution in [0.3, 0.4) is 0 Å². The van der Waals surface area contributed by atoms with Crippen LogP contribution in [0.2, 0.25) is 0 Å². The summed E-state index contributed by atoms with van der Waals surface area (Å²) in [5.74, 6) is 2.22. The molecular formula is C6H14NP. The molecule has 0 fully saturated rings. The highest BCUT2D eigenvalue weighted by Crippen LogP contribution is 1.86. The first kappa shape index (κ1) is 8.13. The Morgan fingerprint density at radius 2 is 2.25 bits per heavy atom. The highest BCUT2D eigenvalue weighted by molar-refractivity contribution is 7.36. The van der Waals surface area contributed by atoms with Crippen LogP contribution >= 0.6 is 8.35 Å². The normalized spacial score (nSPS) is 10.8. The van der Waals surface area contributed by atoms with Crippen LogP contribution in [0.1, 0.15) is 26.7 Å². The molecule has 0 amide bonds. The average Bonchev–Trinajstić information content (AvgIpc) is 1.81. The average molecular weight is 131 g/mol. The lowest BCUT2D eigenvalue weighted by molar-refractivity contribution is 0.877. The van der Waals surface area contributed by atoms with E-state index in [1.54, 1.807) is 0 Å². The lowest BCUT2D eigenvalue weighted by atomic mass is 10.5. The fourth-order valence-corrected chi connectivity index (χ4v) is 0.997. The van der Waals surface area contributed by atoms with Gasteiger partial charge in [0.15, 0.2) is 0 Å². The second kappa shape index (κ2) is 7.13. The summed E-state index contributed by atoms with van der Waals surface area (Å²) in [7, 11) is 1.28. The SMILES string of the molecule is CC/C=P\NCCC. The smallest absolute Gasteiger partial charge is 0.00329 e. The third-order valence-electron chi connectivity index (χ3n) is 0.727. The molecule has 0 unspecified atom stereocenters. The number of nitrogens with one attached hydrogen (secondary N) is 1. The lowest BCUT2D eigenvalue weighted by Gasteiger charge is -1.88. The standard InChI is InChI=1S/C6H14NP/c1-3-5-7-8-6-4-2/h6-7H,3-5H2,1-2H3. The third-order valence-corrected chi connectivity index (χ3v) is 1.68. The number of hydrogen-bond acceptors (Lipinski definition) is 1. The van der Waals surface area contributed by atoms with Gasteiger partial charge >= 0.3 is 0 Å². The Labute approximate surface area is 53.3 Å². The highest BCUT2D eigenvalue weighted by atomic mass is 31.1. The van der Waals surface area contributed by atoms with Gasteiger partial charge < -0.3 is 0 Å². The molecule has 0 heterocycles. The third kappa shape index (κ3) is 6.13. The molecule has 0 radical (unpaired) electrons. The minimum absolute atomic E-state index is 1.14. The first-order valence-electron chi connectivity index (χ1n) is 3.16. The van der Waals surface area contributed by atoms with Crippen LogP contribution in [-0.2, 0) is 0 Å². The maximum Gasteiger partial charge on any atom is 0.00329 e. The lowest BCUT2D eigenvalue weighted by Crippen LogP contribution is -1.98. The van der Waals surface area contributed by atoms with E-state index >= 15 is 0 Å². The summed E-state index contributed by atoms with van der Waals surface area (Å²) in [5, 5.41) is 3.25. The summed E-state index contributed by atoms with van der Waals surface area (Å²) in [6.45, 7) is 5.47. The van der Waals surface area contributed by atoms with E-state index in [1.807, 2.05) is 0 Å². The Bertz CT molecular complexity index is 61.5. The molecule has 0 aliphatic rings. The van der Waals surface area contributed by atoms with E-state index in [0.717, 1.165) is 13.0 Å². The van der Waals surface area contributed by atoms with Crippen molar-refractivity contribution in [2.75, 3.05) is 6.54 Å². The molecule has 0 aliphatic heterocycles. The van der Waals surface area contributed by atoms with Gasteiger partial charge in [0.1, 0.15) is 0 Å². The first-order valence-corrected chi connectivity index (χ1v) is 4.12. The number of rotatable bonds is 4. The van der Waals surface area contributed by atoms with Gasteiger partial charge in [-0.2, -0.15) is 0 Å². The van der Waals surface area contributed by atoms with E-state index in [1.165, 1.54) is 14.8 Å². The quantitative estimate of drug-likeness (QED) is 0.455. The van der Waals surface area contributed by atoms with E-state index in [9.17, 15) is 0 Å². The van der Waals surface area contributed by atoms with Crippen molar-refractivity contribution < 1.29 is 0 Å². The van der Waals surface area contributed by atoms with Crippen LogP contribution in [0.15, 0.2) is 0 Å². The van der Waals surface area contributed by atoms with Crippen molar-refractivity contribution in [3.05, 3.63) is 0 Å². The van der Waals surface area contributed by atoms with Crippen LogP contribution in [0.25, 0.3) is 0 Å². The Hall–Kier alpha value is 0.130. The zero-order valence-electron chi connectivity index (χ0n) is 5.65. The zero-order chi connectivity index (χ0) is 6.24. The van der Waals surface area contributed by atoms with Gasteiger partial charge in [0.25, 0.3) is 0 Å². The molecule has 8 heavy (non-hydrogen) atoms. The molecule has 0 aromatic rings. The van der Waals surface area contributed by atoms with Crippen molar-refractivity contribution in [3.8, 4) is 0 Å². The van der Waals surface area contributed by atoms with Crippen molar-refractivity contribution >= 4 is 14.2 Å². The van der Waals surface area contributed by atoms with E-state index in [4.69, 9.17) is 0 Å². The van der Waals surface area contributed by atoms with Crippen molar-refractivity contribution in [2.24, 2.45) is 0 Å². The van der Waals surface area contributed by atoms with Gasteiger partial charge in [-0.15, -0.1) is 0 Å². The molecular weight excluding hydrogens is 117 g/mol. The fraction of sp³-hybridized carbons (Fsp3) is 0.833. The predicted molar refractivity (Wildman–Crippen MR) is 41.6 cm³/mol. The molecule has 0 atom stereocenters. The van der Waals surface area contributed by atoms with E-state index < -0.39 is 0 Å². The largest absolute Gasteiger partial charge is 0.271 e. The highest BCUT2D eigenvalue weighted by Gasteiger charge is 1.72. The summed E-state index contributed by atoms with van der Waals surface area (Å²) < 4.78 is 0. The van der Waals surface area contributed by atoms with Crippen molar-refractivity contribution in [3.63, 3.8) is 0 Å². The molecule has 0 aromatic heterocycles. The summed E-state index contributed by atoms with van der Waals surface area (Å²) in [5.41, 5.74) is 0. The first-order chi connectivity index (χ1) is 3.91. The summed E-state index contributed by atoms with van der Waals surface area (Å²) in [4.78, 5) is 0. The molecule has 0 aliphatic carbocycles. The second-order valence-electron chi connectivity index (χ2n) is 1.63. The van der Waals surface area contributed by atoms with Gasteiger partial charge in [0, 0.05) is 6.54 Å². The van der Waals surface area contributed by atoms with Crippen molar-refractivity contribution in [2.45, 2.75) is 26.7 Å². The molecule has 0 saturated carbocycles. The van der Waals surface area contributed by atoms with Crippen LogP contribution in [0.5, 0.6) is 0 Å². The van der Waals surface area contributed by atoms with Crippen LogP contribution in [-0.4, -0.2) is 12.3 Å². The topological polar surface area (TPSA) is 12.0 Å². The second-order valence-corrected chi connectivity index (χ2v) is 2.57.